The predicted molar refractivity (Wildman–Crippen MR) is 167 cm³/mol. The fourth-order valence-corrected chi connectivity index (χ4v) is 5.36. The average molecular weight is 596 g/mol. The summed E-state index contributed by atoms with van der Waals surface area (Å²) in [6.07, 6.45) is 2.90. The third-order valence-corrected chi connectivity index (χ3v) is 7.97. The zero-order chi connectivity index (χ0) is 30.8. The standard InChI is InChI=1S/C33H33N5O6/c1-36-12-14-38(15-13-36)20-29(39)37(2)24-8-6-23(7-9-24)34-31(21-5-11-27-28(19-21)44-17-16-43-27)30-25-10-4-22(33(41)42-3)18-26(25)35-32(30)40/h4-11,16-19,34H,12-15,20H2,1-3H3,(H,35,40). The Morgan fingerprint density at radius 1 is 0.932 bits per heavy atom. The summed E-state index contributed by atoms with van der Waals surface area (Å²) in [5.74, 6) is 0.248. The van der Waals surface area contributed by atoms with E-state index >= 15 is 0 Å². The van der Waals surface area contributed by atoms with Crippen molar-refractivity contribution in [2.24, 2.45) is 0 Å². The number of fused-ring (bicyclic) bond motifs is 2. The van der Waals surface area contributed by atoms with Crippen molar-refractivity contribution in [3.63, 3.8) is 0 Å². The third kappa shape index (κ3) is 5.87. The topological polar surface area (TPSA) is 113 Å². The molecule has 3 heterocycles. The second-order valence-corrected chi connectivity index (χ2v) is 10.8. The molecule has 1 fully saturated rings. The molecule has 0 radical (unpaired) electrons. The van der Waals surface area contributed by atoms with Crippen molar-refractivity contribution in [3.8, 4) is 11.5 Å². The molecule has 3 aliphatic heterocycles. The monoisotopic (exact) mass is 595 g/mol. The zero-order valence-corrected chi connectivity index (χ0v) is 24.8. The molecule has 0 spiro atoms. The van der Waals surface area contributed by atoms with Crippen LogP contribution in [-0.4, -0.2) is 81.5 Å². The molecule has 0 saturated carbocycles. The maximum absolute atomic E-state index is 13.4. The number of ether oxygens (including phenoxy) is 3. The molecule has 44 heavy (non-hydrogen) atoms. The molecule has 2 N–H and O–H groups in total. The van der Waals surface area contributed by atoms with E-state index in [9.17, 15) is 14.4 Å². The van der Waals surface area contributed by atoms with Gasteiger partial charge in [-0.05, 0) is 61.6 Å². The number of likely N-dealkylation sites (N-methyl/N-ethyl adjacent to an activating group) is 2. The highest BCUT2D eigenvalue weighted by Crippen LogP contribution is 2.40. The molecular formula is C33H33N5O6. The quantitative estimate of drug-likeness (QED) is 0.311. The molecule has 0 aliphatic carbocycles. The first-order chi connectivity index (χ1) is 21.3. The summed E-state index contributed by atoms with van der Waals surface area (Å²) in [6, 6.07) is 17.8. The molecule has 3 aromatic rings. The maximum atomic E-state index is 13.4. The van der Waals surface area contributed by atoms with Crippen molar-refractivity contribution in [1.29, 1.82) is 0 Å². The molecule has 0 aromatic heterocycles. The number of methoxy groups -OCH3 is 1. The Balaban J connectivity index is 1.30. The number of rotatable bonds is 7. The lowest BCUT2D eigenvalue weighted by molar-refractivity contribution is -0.119. The van der Waals surface area contributed by atoms with E-state index in [0.717, 1.165) is 31.9 Å². The highest BCUT2D eigenvalue weighted by Gasteiger charge is 2.30. The number of anilines is 3. The molecule has 226 valence electrons. The van der Waals surface area contributed by atoms with Crippen molar-refractivity contribution in [1.82, 2.24) is 9.80 Å². The zero-order valence-electron chi connectivity index (χ0n) is 24.8. The molecule has 6 rings (SSSR count). The Kier molecular flexibility index (Phi) is 8.05. The van der Waals surface area contributed by atoms with Gasteiger partial charge in [0.25, 0.3) is 5.91 Å². The number of amides is 2. The number of hydrogen-bond donors (Lipinski definition) is 2. The van der Waals surface area contributed by atoms with Gasteiger partial charge in [0.1, 0.15) is 12.5 Å². The van der Waals surface area contributed by atoms with E-state index < -0.39 is 5.97 Å². The van der Waals surface area contributed by atoms with E-state index in [1.165, 1.54) is 19.6 Å². The SMILES string of the molecule is COC(=O)c1ccc2c(c1)NC(=O)C2=C(Nc1ccc(N(C)C(=O)CN2CCN(C)CC2)cc1)c1ccc2c(c1)OC=CO2. The number of carbonyl (C=O) groups excluding carboxylic acids is 3. The molecule has 3 aromatic carbocycles. The van der Waals surface area contributed by atoms with Gasteiger partial charge in [-0.25, -0.2) is 4.79 Å². The van der Waals surface area contributed by atoms with E-state index in [0.29, 0.717) is 57.4 Å². The Morgan fingerprint density at radius 2 is 1.64 bits per heavy atom. The van der Waals surface area contributed by atoms with Gasteiger partial charge in [-0.3, -0.25) is 14.5 Å². The number of benzene rings is 3. The lowest BCUT2D eigenvalue weighted by Crippen LogP contribution is -2.48. The van der Waals surface area contributed by atoms with Crippen LogP contribution in [0.1, 0.15) is 21.5 Å². The minimum atomic E-state index is -0.496. The number of esters is 1. The van der Waals surface area contributed by atoms with E-state index in [1.807, 2.05) is 30.3 Å². The van der Waals surface area contributed by atoms with Crippen LogP contribution in [0.5, 0.6) is 11.5 Å². The number of piperazine rings is 1. The molecule has 0 bridgehead atoms. The Hall–Kier alpha value is -5.13. The minimum Gasteiger partial charge on any atom is -0.465 e. The van der Waals surface area contributed by atoms with Crippen LogP contribution in [0.3, 0.4) is 0 Å². The molecule has 3 aliphatic rings. The van der Waals surface area contributed by atoms with Crippen molar-refractivity contribution in [3.05, 3.63) is 89.9 Å². The summed E-state index contributed by atoms with van der Waals surface area (Å²) in [5, 5.41) is 6.30. The van der Waals surface area contributed by atoms with E-state index in [1.54, 1.807) is 42.3 Å². The maximum Gasteiger partial charge on any atom is 0.337 e. The van der Waals surface area contributed by atoms with Crippen LogP contribution in [0.2, 0.25) is 0 Å². The van der Waals surface area contributed by atoms with Gasteiger partial charge >= 0.3 is 5.97 Å². The second kappa shape index (κ2) is 12.2. The van der Waals surface area contributed by atoms with E-state index in [-0.39, 0.29) is 11.8 Å². The largest absolute Gasteiger partial charge is 0.465 e. The first-order valence-corrected chi connectivity index (χ1v) is 14.3. The van der Waals surface area contributed by atoms with Crippen LogP contribution in [0.25, 0.3) is 11.3 Å². The van der Waals surface area contributed by atoms with Crippen molar-refractivity contribution < 1.29 is 28.6 Å². The van der Waals surface area contributed by atoms with Gasteiger partial charge in [-0.1, -0.05) is 6.07 Å². The van der Waals surface area contributed by atoms with Crippen LogP contribution in [-0.2, 0) is 14.3 Å². The van der Waals surface area contributed by atoms with E-state index in [4.69, 9.17) is 14.2 Å². The molecule has 11 heteroatoms. The molecule has 0 atom stereocenters. The number of carbonyl (C=O) groups is 3. The Bertz CT molecular complexity index is 1670. The smallest absolute Gasteiger partial charge is 0.337 e. The Labute approximate surface area is 255 Å². The Morgan fingerprint density at radius 3 is 2.36 bits per heavy atom. The first kappa shape index (κ1) is 29.0. The summed E-state index contributed by atoms with van der Waals surface area (Å²) < 4.78 is 16.0. The molecule has 0 unspecified atom stereocenters. The summed E-state index contributed by atoms with van der Waals surface area (Å²) >= 11 is 0. The number of hydrogen-bond acceptors (Lipinski definition) is 9. The van der Waals surface area contributed by atoms with Crippen LogP contribution in [0.15, 0.2) is 73.2 Å². The highest BCUT2D eigenvalue weighted by molar-refractivity contribution is 6.37. The average Bonchev–Trinajstić information content (AvgIpc) is 3.38. The van der Waals surface area contributed by atoms with Crippen molar-refractivity contribution in [2.45, 2.75) is 0 Å². The fourth-order valence-electron chi connectivity index (χ4n) is 5.36. The van der Waals surface area contributed by atoms with Crippen LogP contribution >= 0.6 is 0 Å². The molecule has 11 nitrogen and oxygen atoms in total. The second-order valence-electron chi connectivity index (χ2n) is 10.8. The van der Waals surface area contributed by atoms with Crippen LogP contribution < -0.4 is 25.0 Å². The van der Waals surface area contributed by atoms with Gasteiger partial charge in [0.05, 0.1) is 36.2 Å². The summed E-state index contributed by atoms with van der Waals surface area (Å²) in [4.78, 5) is 44.7. The van der Waals surface area contributed by atoms with Gasteiger partial charge in [-0.2, -0.15) is 0 Å². The summed E-state index contributed by atoms with van der Waals surface area (Å²) in [7, 11) is 5.18. The normalized spacial score (nSPS) is 17.0. The van der Waals surface area contributed by atoms with Crippen molar-refractivity contribution >= 4 is 46.1 Å². The van der Waals surface area contributed by atoms with Gasteiger partial charge < -0.3 is 34.6 Å². The van der Waals surface area contributed by atoms with Crippen molar-refractivity contribution in [2.75, 3.05) is 69.5 Å². The lowest BCUT2D eigenvalue weighted by Gasteiger charge is -2.32. The van der Waals surface area contributed by atoms with Gasteiger partial charge in [0.15, 0.2) is 11.5 Å². The van der Waals surface area contributed by atoms with E-state index in [2.05, 4.69) is 27.5 Å². The summed E-state index contributed by atoms with van der Waals surface area (Å²) in [6.45, 7) is 4.00. The highest BCUT2D eigenvalue weighted by atomic mass is 16.5. The molecule has 2 amide bonds. The third-order valence-electron chi connectivity index (χ3n) is 7.97. The summed E-state index contributed by atoms with van der Waals surface area (Å²) in [5.41, 5.74) is 4.53. The minimum absolute atomic E-state index is 0.0222. The van der Waals surface area contributed by atoms with Crippen LogP contribution in [0, 0.1) is 0 Å². The number of nitrogens with one attached hydrogen (secondary N) is 2. The first-order valence-electron chi connectivity index (χ1n) is 14.3. The van der Waals surface area contributed by atoms with Gasteiger partial charge in [-0.15, -0.1) is 0 Å². The number of nitrogens with zero attached hydrogens (tertiary/aromatic N) is 3. The van der Waals surface area contributed by atoms with Gasteiger partial charge in [0.2, 0.25) is 5.91 Å². The molecule has 1 saturated heterocycles. The molecular weight excluding hydrogens is 562 g/mol. The lowest BCUT2D eigenvalue weighted by atomic mass is 9.98. The van der Waals surface area contributed by atoms with Gasteiger partial charge in [0, 0.05) is 55.7 Å². The predicted octanol–water partition coefficient (Wildman–Crippen LogP) is 3.86. The fraction of sp³-hybridized carbons (Fsp3) is 0.242. The van der Waals surface area contributed by atoms with Crippen LogP contribution in [0.4, 0.5) is 17.1 Å².